The number of carbonyl (C=O) groups excluding carboxylic acids is 1. The number of anilines is 1. The number of aromatic nitrogens is 1. The lowest BCUT2D eigenvalue weighted by Crippen LogP contribution is -2.31. The number of likely N-dealkylation sites (N-methyl/N-ethyl adjacent to an activating group) is 1. The molecule has 0 aromatic carbocycles. The minimum absolute atomic E-state index is 0.118. The third-order valence-electron chi connectivity index (χ3n) is 4.84. The highest BCUT2D eigenvalue weighted by Gasteiger charge is 2.32. The average Bonchev–Trinajstić information content (AvgIpc) is 3.22. The highest BCUT2D eigenvalue weighted by molar-refractivity contribution is 8.26. The molecule has 136 valence electrons. The smallest absolute Gasteiger partial charge is 0.270 e. The van der Waals surface area contributed by atoms with E-state index in [0.717, 1.165) is 37.3 Å². The normalized spacial score (nSPS) is 18.9. The van der Waals surface area contributed by atoms with Crippen LogP contribution in [0, 0.1) is 18.3 Å². The Balaban J connectivity index is 2.23. The van der Waals surface area contributed by atoms with Crippen LogP contribution in [-0.2, 0) is 11.8 Å². The minimum Gasteiger partial charge on any atom is -0.357 e. The van der Waals surface area contributed by atoms with Crippen molar-refractivity contribution in [1.82, 2.24) is 9.47 Å². The van der Waals surface area contributed by atoms with Crippen LogP contribution >= 0.6 is 24.0 Å². The number of amides is 1. The maximum Gasteiger partial charge on any atom is 0.270 e. The Morgan fingerprint density at radius 1 is 1.31 bits per heavy atom. The lowest BCUT2D eigenvalue weighted by Gasteiger charge is -2.25. The van der Waals surface area contributed by atoms with Gasteiger partial charge in [0.1, 0.15) is 21.8 Å². The van der Waals surface area contributed by atoms with E-state index in [1.165, 1.54) is 16.3 Å². The van der Waals surface area contributed by atoms with Crippen molar-refractivity contribution in [2.45, 2.75) is 26.7 Å². The topological polar surface area (TPSA) is 69.3 Å². The van der Waals surface area contributed by atoms with Crippen LogP contribution in [0.25, 0.3) is 6.08 Å². The van der Waals surface area contributed by atoms with Gasteiger partial charge in [0.25, 0.3) is 11.5 Å². The van der Waals surface area contributed by atoms with Crippen molar-refractivity contribution in [3.05, 3.63) is 31.9 Å². The molecular weight excluding hydrogens is 368 g/mol. The second-order valence-electron chi connectivity index (χ2n) is 6.33. The van der Waals surface area contributed by atoms with Crippen LogP contribution in [0.2, 0.25) is 0 Å². The molecule has 2 fully saturated rings. The molecule has 1 aromatic heterocycles. The van der Waals surface area contributed by atoms with E-state index < -0.39 is 0 Å². The molecule has 0 aliphatic carbocycles. The van der Waals surface area contributed by atoms with E-state index in [1.54, 1.807) is 24.9 Å². The van der Waals surface area contributed by atoms with Gasteiger partial charge in [0.15, 0.2) is 0 Å². The predicted octanol–water partition coefficient (Wildman–Crippen LogP) is 2.39. The Morgan fingerprint density at radius 3 is 2.50 bits per heavy atom. The van der Waals surface area contributed by atoms with Gasteiger partial charge in [-0.3, -0.25) is 19.1 Å². The Morgan fingerprint density at radius 2 is 1.96 bits per heavy atom. The fourth-order valence-electron chi connectivity index (χ4n) is 3.43. The highest BCUT2D eigenvalue weighted by atomic mass is 32.2. The number of nitriles is 1. The third kappa shape index (κ3) is 2.95. The molecule has 26 heavy (non-hydrogen) atoms. The third-order valence-corrected chi connectivity index (χ3v) is 6.22. The summed E-state index contributed by atoms with van der Waals surface area (Å²) in [6.07, 6.45) is 3.91. The fraction of sp³-hybridized carbons (Fsp3) is 0.444. The van der Waals surface area contributed by atoms with Crippen molar-refractivity contribution in [2.24, 2.45) is 7.05 Å². The molecule has 0 atom stereocenters. The number of hydrogen-bond donors (Lipinski definition) is 0. The lowest BCUT2D eigenvalue weighted by molar-refractivity contribution is -0.121. The van der Waals surface area contributed by atoms with Gasteiger partial charge in [-0.25, -0.2) is 0 Å². The average molecular weight is 389 g/mol. The van der Waals surface area contributed by atoms with Crippen LogP contribution in [0.3, 0.4) is 0 Å². The maximum atomic E-state index is 12.6. The molecule has 0 saturated carbocycles. The molecule has 1 amide bonds. The standard InChI is InChI=1S/C18H20N4O2S2/c1-4-22-17(24)14(26-18(22)25)9-12-11(2)13(10-19)16(23)20(3)15(12)21-7-5-6-8-21/h9H,4-8H2,1-3H3/b14-9-. The summed E-state index contributed by atoms with van der Waals surface area (Å²) in [6, 6.07) is 2.02. The summed E-state index contributed by atoms with van der Waals surface area (Å²) in [5.41, 5.74) is 1.18. The summed E-state index contributed by atoms with van der Waals surface area (Å²) in [6.45, 7) is 5.89. The van der Waals surface area contributed by atoms with Gasteiger partial charge in [-0.1, -0.05) is 24.0 Å². The van der Waals surface area contributed by atoms with E-state index >= 15 is 0 Å². The van der Waals surface area contributed by atoms with Gasteiger partial charge in [0, 0.05) is 32.2 Å². The zero-order chi connectivity index (χ0) is 19.0. The summed E-state index contributed by atoms with van der Waals surface area (Å²) in [4.78, 5) is 29.4. The van der Waals surface area contributed by atoms with Crippen molar-refractivity contribution in [1.29, 1.82) is 5.26 Å². The molecule has 0 bridgehead atoms. The quantitative estimate of drug-likeness (QED) is 0.585. The first-order valence-electron chi connectivity index (χ1n) is 8.54. The molecule has 2 aliphatic heterocycles. The van der Waals surface area contributed by atoms with Crippen LogP contribution < -0.4 is 10.5 Å². The van der Waals surface area contributed by atoms with Gasteiger partial charge < -0.3 is 4.90 Å². The van der Waals surface area contributed by atoms with Crippen LogP contribution in [0.15, 0.2) is 9.70 Å². The first kappa shape index (κ1) is 18.7. The Bertz CT molecular complexity index is 921. The molecule has 3 rings (SSSR count). The van der Waals surface area contributed by atoms with E-state index in [4.69, 9.17) is 12.2 Å². The van der Waals surface area contributed by atoms with E-state index in [0.29, 0.717) is 21.3 Å². The van der Waals surface area contributed by atoms with Gasteiger partial charge in [-0.05, 0) is 38.3 Å². The number of nitrogens with zero attached hydrogens (tertiary/aromatic N) is 4. The first-order valence-corrected chi connectivity index (χ1v) is 9.77. The van der Waals surface area contributed by atoms with Crippen molar-refractivity contribution in [2.75, 3.05) is 24.5 Å². The molecule has 3 heterocycles. The van der Waals surface area contributed by atoms with Crippen LogP contribution in [-0.4, -0.2) is 39.3 Å². The number of carbonyl (C=O) groups is 1. The second-order valence-corrected chi connectivity index (χ2v) is 8.01. The molecule has 2 saturated heterocycles. The summed E-state index contributed by atoms with van der Waals surface area (Å²) in [7, 11) is 1.69. The summed E-state index contributed by atoms with van der Waals surface area (Å²) >= 11 is 6.55. The van der Waals surface area contributed by atoms with Crippen molar-refractivity contribution in [3.8, 4) is 6.07 Å². The highest BCUT2D eigenvalue weighted by Crippen LogP contribution is 2.36. The zero-order valence-electron chi connectivity index (χ0n) is 15.0. The molecular formula is C18H20N4O2S2. The monoisotopic (exact) mass is 388 g/mol. The van der Waals surface area contributed by atoms with Gasteiger partial charge in [0.05, 0.1) is 4.91 Å². The van der Waals surface area contributed by atoms with Gasteiger partial charge in [0.2, 0.25) is 0 Å². The van der Waals surface area contributed by atoms with Crippen molar-refractivity contribution in [3.63, 3.8) is 0 Å². The lowest BCUT2D eigenvalue weighted by atomic mass is 10.0. The molecule has 6 nitrogen and oxygen atoms in total. The minimum atomic E-state index is -0.301. The van der Waals surface area contributed by atoms with E-state index in [9.17, 15) is 14.9 Å². The van der Waals surface area contributed by atoms with Crippen LogP contribution in [0.5, 0.6) is 0 Å². The fourth-order valence-corrected chi connectivity index (χ4v) is 4.79. The molecule has 1 aromatic rings. The summed E-state index contributed by atoms with van der Waals surface area (Å²) < 4.78 is 2.07. The van der Waals surface area contributed by atoms with E-state index in [-0.39, 0.29) is 17.0 Å². The SMILES string of the molecule is CCN1C(=O)/C(=C/c2c(C)c(C#N)c(=O)n(C)c2N2CCCC2)SC1=S. The zero-order valence-corrected chi connectivity index (χ0v) is 16.7. The number of pyridine rings is 1. The summed E-state index contributed by atoms with van der Waals surface area (Å²) in [5, 5.41) is 9.44. The molecule has 0 radical (unpaired) electrons. The number of thioether (sulfide) groups is 1. The summed E-state index contributed by atoms with van der Waals surface area (Å²) in [5.74, 6) is 0.646. The Labute approximate surface area is 162 Å². The van der Waals surface area contributed by atoms with Gasteiger partial charge >= 0.3 is 0 Å². The molecule has 0 N–H and O–H groups in total. The van der Waals surface area contributed by atoms with E-state index in [2.05, 4.69) is 4.90 Å². The number of thiocarbonyl (C=S) groups is 1. The number of hydrogen-bond acceptors (Lipinski definition) is 6. The Kier molecular flexibility index (Phi) is 5.21. The van der Waals surface area contributed by atoms with Crippen LogP contribution in [0.1, 0.15) is 36.5 Å². The van der Waals surface area contributed by atoms with Crippen molar-refractivity contribution >= 4 is 46.1 Å². The Hall–Kier alpha value is -2.11. The molecule has 8 heteroatoms. The van der Waals surface area contributed by atoms with Gasteiger partial charge in [-0.15, -0.1) is 0 Å². The maximum absolute atomic E-state index is 12.6. The van der Waals surface area contributed by atoms with Crippen molar-refractivity contribution < 1.29 is 4.79 Å². The van der Waals surface area contributed by atoms with Crippen LogP contribution in [0.4, 0.5) is 5.82 Å². The van der Waals surface area contributed by atoms with Gasteiger partial charge in [-0.2, -0.15) is 5.26 Å². The molecule has 0 unspecified atom stereocenters. The first-order chi connectivity index (χ1) is 12.4. The predicted molar refractivity (Wildman–Crippen MR) is 108 cm³/mol. The molecule has 0 spiro atoms. The number of rotatable bonds is 3. The van der Waals surface area contributed by atoms with E-state index in [1.807, 2.05) is 13.0 Å². The second kappa shape index (κ2) is 7.25. The molecule has 2 aliphatic rings. The largest absolute Gasteiger partial charge is 0.357 e.